The molecule has 2 fully saturated rings. The highest BCUT2D eigenvalue weighted by atomic mass is 16.6. The first-order chi connectivity index (χ1) is 6.24. The quantitative estimate of drug-likeness (QED) is 0.681. The smallest absolute Gasteiger partial charge is 0.115 e. The number of hydrogen-bond acceptors (Lipinski definition) is 2. The van der Waals surface area contributed by atoms with E-state index in [-0.39, 0.29) is 12.2 Å². The number of epoxide rings is 1. The molecule has 0 bridgehead atoms. The van der Waals surface area contributed by atoms with Crippen LogP contribution in [0.15, 0.2) is 0 Å². The first kappa shape index (κ1) is 9.47. The van der Waals surface area contributed by atoms with Gasteiger partial charge in [-0.1, -0.05) is 32.1 Å². The molecule has 0 spiro atoms. The fourth-order valence-electron chi connectivity index (χ4n) is 2.45. The molecule has 0 aromatic carbocycles. The Morgan fingerprint density at radius 2 is 2.00 bits per heavy atom. The minimum absolute atomic E-state index is 0.183. The second kappa shape index (κ2) is 3.58. The van der Waals surface area contributed by atoms with Gasteiger partial charge in [0.2, 0.25) is 0 Å². The van der Waals surface area contributed by atoms with Crippen LogP contribution in [0.1, 0.15) is 45.4 Å². The van der Waals surface area contributed by atoms with Gasteiger partial charge >= 0.3 is 0 Å². The molecule has 13 heavy (non-hydrogen) atoms. The van der Waals surface area contributed by atoms with E-state index in [2.05, 4.69) is 0 Å². The summed E-state index contributed by atoms with van der Waals surface area (Å²) in [6.07, 6.45) is 8.49. The summed E-state index contributed by atoms with van der Waals surface area (Å²) in [7, 11) is 0. The molecule has 2 heteroatoms. The van der Waals surface area contributed by atoms with Crippen molar-refractivity contribution in [2.45, 2.75) is 57.2 Å². The van der Waals surface area contributed by atoms with E-state index in [1.54, 1.807) is 0 Å². The summed E-state index contributed by atoms with van der Waals surface area (Å²) in [6.45, 7) is 2.20. The molecule has 2 nitrogen and oxygen atoms in total. The zero-order valence-corrected chi connectivity index (χ0v) is 8.46. The van der Waals surface area contributed by atoms with Crippen LogP contribution in [-0.4, -0.2) is 23.4 Å². The average Bonchev–Trinajstić information content (AvgIpc) is 2.80. The highest BCUT2D eigenvalue weighted by Crippen LogP contribution is 2.42. The number of hydrogen-bond donors (Lipinski definition) is 1. The van der Waals surface area contributed by atoms with Crippen LogP contribution in [-0.2, 0) is 4.74 Å². The Morgan fingerprint density at radius 3 is 2.54 bits per heavy atom. The van der Waals surface area contributed by atoms with E-state index < -0.39 is 0 Å². The average molecular weight is 184 g/mol. The fraction of sp³-hybridized carbons (Fsp3) is 1.00. The molecule has 0 aromatic rings. The molecule has 2 rings (SSSR count). The molecule has 1 aliphatic heterocycles. The molecule has 2 aliphatic rings. The van der Waals surface area contributed by atoms with Crippen molar-refractivity contribution in [2.24, 2.45) is 5.92 Å². The minimum Gasteiger partial charge on any atom is -0.393 e. The van der Waals surface area contributed by atoms with Gasteiger partial charge in [0.05, 0.1) is 12.7 Å². The van der Waals surface area contributed by atoms with Crippen LogP contribution in [0.2, 0.25) is 0 Å². The van der Waals surface area contributed by atoms with Crippen molar-refractivity contribution in [1.29, 1.82) is 0 Å². The van der Waals surface area contributed by atoms with Gasteiger partial charge in [-0.15, -0.1) is 0 Å². The van der Waals surface area contributed by atoms with Gasteiger partial charge in [-0.05, 0) is 19.3 Å². The van der Waals surface area contributed by atoms with Gasteiger partial charge in [0.15, 0.2) is 0 Å². The van der Waals surface area contributed by atoms with Gasteiger partial charge in [0, 0.05) is 0 Å². The van der Waals surface area contributed by atoms with Crippen molar-refractivity contribution in [3.05, 3.63) is 0 Å². The lowest BCUT2D eigenvalue weighted by Crippen LogP contribution is -2.18. The first-order valence-electron chi connectivity index (χ1n) is 5.53. The third-order valence-electron chi connectivity index (χ3n) is 3.62. The second-order valence-corrected chi connectivity index (χ2v) is 4.82. The Bertz CT molecular complexity index is 172. The Hall–Kier alpha value is -0.0800. The summed E-state index contributed by atoms with van der Waals surface area (Å²) in [5.74, 6) is 0.868. The van der Waals surface area contributed by atoms with Crippen LogP contribution < -0.4 is 0 Å². The molecule has 1 N–H and O–H groups in total. The summed E-state index contributed by atoms with van der Waals surface area (Å²) in [4.78, 5) is 0. The molecule has 0 aromatic heterocycles. The maximum absolute atomic E-state index is 9.04. The van der Waals surface area contributed by atoms with Crippen molar-refractivity contribution in [2.75, 3.05) is 6.61 Å². The maximum atomic E-state index is 9.04. The topological polar surface area (TPSA) is 32.8 Å². The van der Waals surface area contributed by atoms with Crippen molar-refractivity contribution in [1.82, 2.24) is 0 Å². The molecular weight excluding hydrogens is 164 g/mol. The third-order valence-corrected chi connectivity index (χ3v) is 3.62. The van der Waals surface area contributed by atoms with E-state index in [0.29, 0.717) is 6.10 Å². The first-order valence-corrected chi connectivity index (χ1v) is 5.53. The molecule has 1 aliphatic carbocycles. The summed E-state index contributed by atoms with van der Waals surface area (Å²) < 4.78 is 5.51. The van der Waals surface area contributed by atoms with Gasteiger partial charge in [-0.3, -0.25) is 0 Å². The number of aliphatic hydroxyl groups excluding tert-OH is 1. The summed E-state index contributed by atoms with van der Waals surface area (Å²) in [5.41, 5.74) is -0.183. The summed E-state index contributed by atoms with van der Waals surface area (Å²) in [6, 6.07) is 0. The van der Waals surface area contributed by atoms with Crippen LogP contribution in [0.4, 0.5) is 0 Å². The predicted octanol–water partition coefficient (Wildman–Crippen LogP) is 2.11. The molecule has 0 amide bonds. The SMILES string of the molecule is C[C@@]1(CO)O[C@@H]1CC1CCCCC1. The van der Waals surface area contributed by atoms with Crippen LogP contribution >= 0.6 is 0 Å². The molecule has 0 unspecified atom stereocenters. The molecule has 76 valence electrons. The predicted molar refractivity (Wildman–Crippen MR) is 51.6 cm³/mol. The molecule has 1 saturated carbocycles. The van der Waals surface area contributed by atoms with E-state index in [0.717, 1.165) is 5.92 Å². The third kappa shape index (κ3) is 2.05. The maximum Gasteiger partial charge on any atom is 0.115 e. The van der Waals surface area contributed by atoms with Gasteiger partial charge in [-0.25, -0.2) is 0 Å². The molecule has 1 saturated heterocycles. The van der Waals surface area contributed by atoms with E-state index in [1.165, 1.54) is 38.5 Å². The monoisotopic (exact) mass is 184 g/mol. The Morgan fingerprint density at radius 1 is 1.31 bits per heavy atom. The lowest BCUT2D eigenvalue weighted by Gasteiger charge is -2.20. The van der Waals surface area contributed by atoms with Crippen molar-refractivity contribution >= 4 is 0 Å². The van der Waals surface area contributed by atoms with Crippen molar-refractivity contribution < 1.29 is 9.84 Å². The Labute approximate surface area is 80.3 Å². The zero-order valence-electron chi connectivity index (χ0n) is 8.46. The van der Waals surface area contributed by atoms with E-state index in [9.17, 15) is 0 Å². The van der Waals surface area contributed by atoms with E-state index in [1.807, 2.05) is 6.92 Å². The Kier molecular flexibility index (Phi) is 2.61. The standard InChI is InChI=1S/C11H20O2/c1-11(8-12)10(13-11)7-9-5-3-2-4-6-9/h9-10,12H,2-8H2,1H3/t10-,11+/m1/s1. The van der Waals surface area contributed by atoms with E-state index in [4.69, 9.17) is 9.84 Å². The highest BCUT2D eigenvalue weighted by molar-refractivity contribution is 4.99. The highest BCUT2D eigenvalue weighted by Gasteiger charge is 2.52. The fourth-order valence-corrected chi connectivity index (χ4v) is 2.45. The normalized spacial score (nSPS) is 40.6. The number of aliphatic hydroxyl groups is 1. The lowest BCUT2D eigenvalue weighted by atomic mass is 9.84. The Balaban J connectivity index is 1.73. The van der Waals surface area contributed by atoms with Crippen molar-refractivity contribution in [3.8, 4) is 0 Å². The molecular formula is C11H20O2. The van der Waals surface area contributed by atoms with Crippen LogP contribution in [0.3, 0.4) is 0 Å². The minimum atomic E-state index is -0.183. The van der Waals surface area contributed by atoms with Gasteiger partial charge < -0.3 is 9.84 Å². The largest absolute Gasteiger partial charge is 0.393 e. The van der Waals surface area contributed by atoms with Crippen LogP contribution in [0.25, 0.3) is 0 Å². The second-order valence-electron chi connectivity index (χ2n) is 4.82. The molecule has 0 radical (unpaired) electrons. The van der Waals surface area contributed by atoms with Gasteiger partial charge in [-0.2, -0.15) is 0 Å². The van der Waals surface area contributed by atoms with Gasteiger partial charge in [0.25, 0.3) is 0 Å². The van der Waals surface area contributed by atoms with Crippen LogP contribution in [0, 0.1) is 5.92 Å². The summed E-state index contributed by atoms with van der Waals surface area (Å²) in [5, 5.41) is 9.04. The zero-order chi connectivity index (χ0) is 9.31. The molecule has 2 atom stereocenters. The summed E-state index contributed by atoms with van der Waals surface area (Å²) >= 11 is 0. The lowest BCUT2D eigenvalue weighted by molar-refractivity contribution is 0.183. The van der Waals surface area contributed by atoms with E-state index >= 15 is 0 Å². The van der Waals surface area contributed by atoms with Gasteiger partial charge in [0.1, 0.15) is 5.60 Å². The van der Waals surface area contributed by atoms with Crippen LogP contribution in [0.5, 0.6) is 0 Å². The van der Waals surface area contributed by atoms with Crippen molar-refractivity contribution in [3.63, 3.8) is 0 Å². The number of ether oxygens (including phenoxy) is 1. The number of rotatable bonds is 3. The molecule has 1 heterocycles.